The Labute approximate surface area is 111 Å². The van der Waals surface area contributed by atoms with Crippen LogP contribution in [0.1, 0.15) is 31.4 Å². The number of nitrogens with zero attached hydrogens (tertiary/aromatic N) is 3. The zero-order chi connectivity index (χ0) is 13.2. The molecule has 0 saturated carbocycles. The van der Waals surface area contributed by atoms with Crippen LogP contribution in [0.3, 0.4) is 0 Å². The fourth-order valence-electron chi connectivity index (χ4n) is 2.60. The predicted molar refractivity (Wildman–Crippen MR) is 72.1 cm³/mol. The van der Waals surface area contributed by atoms with E-state index in [1.54, 1.807) is 12.4 Å². The molecule has 1 unspecified atom stereocenters. The molecule has 0 spiro atoms. The molecule has 6 nitrogen and oxygen atoms in total. The van der Waals surface area contributed by atoms with Gasteiger partial charge in [-0.15, -0.1) is 0 Å². The lowest BCUT2D eigenvalue weighted by Crippen LogP contribution is -2.29. The van der Waals surface area contributed by atoms with Gasteiger partial charge >= 0.3 is 0 Å². The molecule has 19 heavy (non-hydrogen) atoms. The Morgan fingerprint density at radius 1 is 1.58 bits per heavy atom. The second-order valence-corrected chi connectivity index (χ2v) is 4.89. The van der Waals surface area contributed by atoms with Crippen LogP contribution in [-0.4, -0.2) is 33.6 Å². The van der Waals surface area contributed by atoms with Gasteiger partial charge in [0, 0.05) is 25.6 Å². The normalized spacial score (nSPS) is 19.5. The summed E-state index contributed by atoms with van der Waals surface area (Å²) in [5, 5.41) is 10.5. The number of rotatable bonds is 2. The molecule has 2 aromatic heterocycles. The van der Waals surface area contributed by atoms with Gasteiger partial charge in [-0.2, -0.15) is 5.10 Å². The van der Waals surface area contributed by atoms with Crippen molar-refractivity contribution < 1.29 is 4.79 Å². The monoisotopic (exact) mass is 259 g/mol. The fourth-order valence-corrected chi connectivity index (χ4v) is 2.60. The van der Waals surface area contributed by atoms with Gasteiger partial charge in [-0.05, 0) is 25.5 Å². The highest BCUT2D eigenvalue weighted by Gasteiger charge is 2.19. The number of anilines is 1. The van der Waals surface area contributed by atoms with Crippen molar-refractivity contribution in [3.05, 3.63) is 24.2 Å². The van der Waals surface area contributed by atoms with Crippen LogP contribution < -0.4 is 10.6 Å². The van der Waals surface area contributed by atoms with Gasteiger partial charge in [0.1, 0.15) is 5.69 Å². The number of aromatic nitrogens is 3. The van der Waals surface area contributed by atoms with Crippen LogP contribution >= 0.6 is 0 Å². The molecule has 100 valence electrons. The van der Waals surface area contributed by atoms with E-state index in [2.05, 4.69) is 20.7 Å². The summed E-state index contributed by atoms with van der Waals surface area (Å²) in [6.45, 7) is 3.54. The van der Waals surface area contributed by atoms with E-state index < -0.39 is 0 Å². The van der Waals surface area contributed by atoms with Gasteiger partial charge in [0.15, 0.2) is 5.65 Å². The molecule has 2 N–H and O–H groups in total. The predicted octanol–water partition coefficient (Wildman–Crippen LogP) is 1.15. The molecule has 1 fully saturated rings. The zero-order valence-electron chi connectivity index (χ0n) is 10.9. The summed E-state index contributed by atoms with van der Waals surface area (Å²) >= 11 is 0. The largest absolute Gasteiger partial charge is 0.322 e. The van der Waals surface area contributed by atoms with Crippen LogP contribution in [0.5, 0.6) is 0 Å². The molecule has 2 aromatic rings. The Morgan fingerprint density at radius 3 is 3.21 bits per heavy atom. The number of nitrogens with one attached hydrogen (secondary N) is 2. The van der Waals surface area contributed by atoms with Crippen LogP contribution in [0.15, 0.2) is 18.5 Å². The van der Waals surface area contributed by atoms with Gasteiger partial charge in [-0.1, -0.05) is 0 Å². The number of hydrogen-bond donors (Lipinski definition) is 2. The van der Waals surface area contributed by atoms with Gasteiger partial charge < -0.3 is 10.6 Å². The van der Waals surface area contributed by atoms with Crippen molar-refractivity contribution in [3.8, 4) is 0 Å². The lowest BCUT2D eigenvalue weighted by atomic mass is 9.96. The van der Waals surface area contributed by atoms with Crippen molar-refractivity contribution in [2.75, 3.05) is 18.4 Å². The maximum absolute atomic E-state index is 11.2. The lowest BCUT2D eigenvalue weighted by molar-refractivity contribution is -0.114. The van der Waals surface area contributed by atoms with E-state index in [0.717, 1.165) is 25.2 Å². The molecule has 3 heterocycles. The summed E-state index contributed by atoms with van der Waals surface area (Å²) in [6.07, 6.45) is 5.77. The van der Waals surface area contributed by atoms with Gasteiger partial charge in [-0.25, -0.2) is 9.50 Å². The van der Waals surface area contributed by atoms with Crippen molar-refractivity contribution in [2.24, 2.45) is 0 Å². The third-order valence-electron chi connectivity index (χ3n) is 3.46. The molecule has 0 bridgehead atoms. The van der Waals surface area contributed by atoms with Gasteiger partial charge in [-0.3, -0.25) is 4.79 Å². The van der Waals surface area contributed by atoms with Crippen molar-refractivity contribution >= 4 is 17.2 Å². The maximum atomic E-state index is 11.2. The highest BCUT2D eigenvalue weighted by atomic mass is 16.1. The van der Waals surface area contributed by atoms with Crippen molar-refractivity contribution in [2.45, 2.75) is 25.7 Å². The molecule has 1 aliphatic rings. The van der Waals surface area contributed by atoms with Gasteiger partial charge in [0.05, 0.1) is 11.9 Å². The summed E-state index contributed by atoms with van der Waals surface area (Å²) in [5.41, 5.74) is 2.52. The number of carbonyl (C=O) groups excluding carboxylic acids is 1. The summed E-state index contributed by atoms with van der Waals surface area (Å²) in [4.78, 5) is 15.5. The fraction of sp³-hybridized carbons (Fsp3) is 0.462. The van der Waals surface area contributed by atoms with E-state index in [4.69, 9.17) is 0 Å². The topological polar surface area (TPSA) is 71.3 Å². The quantitative estimate of drug-likeness (QED) is 0.849. The van der Waals surface area contributed by atoms with Crippen LogP contribution in [0.4, 0.5) is 5.69 Å². The third kappa shape index (κ3) is 2.31. The summed E-state index contributed by atoms with van der Waals surface area (Å²) in [7, 11) is 0. The summed E-state index contributed by atoms with van der Waals surface area (Å²) in [6, 6.07) is 2.01. The van der Waals surface area contributed by atoms with Gasteiger partial charge in [0.2, 0.25) is 5.91 Å². The van der Waals surface area contributed by atoms with Crippen LogP contribution in [0.2, 0.25) is 0 Å². The minimum Gasteiger partial charge on any atom is -0.322 e. The molecule has 1 atom stereocenters. The Morgan fingerprint density at radius 2 is 2.47 bits per heavy atom. The molecule has 1 saturated heterocycles. The average Bonchev–Trinajstić information content (AvgIpc) is 2.82. The van der Waals surface area contributed by atoms with Crippen molar-refractivity contribution in [1.29, 1.82) is 0 Å². The zero-order valence-corrected chi connectivity index (χ0v) is 10.9. The van der Waals surface area contributed by atoms with E-state index in [0.29, 0.717) is 17.3 Å². The Kier molecular flexibility index (Phi) is 3.16. The molecule has 1 aliphatic heterocycles. The van der Waals surface area contributed by atoms with Crippen LogP contribution in [0, 0.1) is 0 Å². The first-order valence-corrected chi connectivity index (χ1v) is 6.56. The molecule has 0 radical (unpaired) electrons. The molecule has 6 heteroatoms. The van der Waals surface area contributed by atoms with Crippen LogP contribution in [0.25, 0.3) is 5.65 Å². The Hall–Kier alpha value is -1.95. The second kappa shape index (κ2) is 4.97. The van der Waals surface area contributed by atoms with Crippen molar-refractivity contribution in [3.63, 3.8) is 0 Å². The lowest BCUT2D eigenvalue weighted by Gasteiger charge is -2.23. The number of carbonyl (C=O) groups is 1. The number of fused-ring (bicyclic) bond motifs is 1. The summed E-state index contributed by atoms with van der Waals surface area (Å²) in [5.74, 6) is 0.339. The van der Waals surface area contributed by atoms with E-state index >= 15 is 0 Å². The molecule has 3 rings (SSSR count). The van der Waals surface area contributed by atoms with E-state index in [1.165, 1.54) is 13.3 Å². The first kappa shape index (κ1) is 12.1. The second-order valence-electron chi connectivity index (χ2n) is 4.89. The minimum absolute atomic E-state index is 0.110. The maximum Gasteiger partial charge on any atom is 0.221 e. The molecular weight excluding hydrogens is 242 g/mol. The Bertz CT molecular complexity index is 600. The Balaban J connectivity index is 2.01. The van der Waals surface area contributed by atoms with Gasteiger partial charge in [0.25, 0.3) is 0 Å². The molecule has 0 aliphatic carbocycles. The number of amides is 1. The number of hydrogen-bond acceptors (Lipinski definition) is 4. The van der Waals surface area contributed by atoms with E-state index in [-0.39, 0.29) is 5.91 Å². The minimum atomic E-state index is -0.110. The SMILES string of the molecule is CC(=O)Nc1cnn2c(C3CCCNC3)ccnc12. The third-order valence-corrected chi connectivity index (χ3v) is 3.46. The number of piperidine rings is 1. The van der Waals surface area contributed by atoms with E-state index in [9.17, 15) is 4.79 Å². The molecule has 1 amide bonds. The first-order chi connectivity index (χ1) is 9.25. The smallest absolute Gasteiger partial charge is 0.221 e. The first-order valence-electron chi connectivity index (χ1n) is 6.56. The average molecular weight is 259 g/mol. The highest BCUT2D eigenvalue weighted by molar-refractivity contribution is 5.92. The van der Waals surface area contributed by atoms with Crippen LogP contribution in [-0.2, 0) is 4.79 Å². The standard InChI is InChI=1S/C13H17N5O/c1-9(19)17-11-8-16-18-12(4-6-15-13(11)18)10-3-2-5-14-7-10/h4,6,8,10,14H,2-3,5,7H2,1H3,(H,17,19). The van der Waals surface area contributed by atoms with Crippen molar-refractivity contribution in [1.82, 2.24) is 19.9 Å². The molecule has 0 aromatic carbocycles. The van der Waals surface area contributed by atoms with E-state index in [1.807, 2.05) is 10.6 Å². The summed E-state index contributed by atoms with van der Waals surface area (Å²) < 4.78 is 1.84. The molecular formula is C13H17N5O. The highest BCUT2D eigenvalue weighted by Crippen LogP contribution is 2.25.